The lowest BCUT2D eigenvalue weighted by molar-refractivity contribution is 1.24. The summed E-state index contributed by atoms with van der Waals surface area (Å²) < 4.78 is 0. The van der Waals surface area contributed by atoms with E-state index in [4.69, 9.17) is 0 Å². The van der Waals surface area contributed by atoms with Crippen molar-refractivity contribution in [2.24, 2.45) is 0 Å². The van der Waals surface area contributed by atoms with Gasteiger partial charge in [-0.1, -0.05) is 66.7 Å². The van der Waals surface area contributed by atoms with Crippen molar-refractivity contribution in [3.8, 4) is 45.0 Å². The quantitative estimate of drug-likeness (QED) is 0.197. The fourth-order valence-corrected chi connectivity index (χ4v) is 5.29. The van der Waals surface area contributed by atoms with E-state index in [2.05, 4.69) is 110 Å². The van der Waals surface area contributed by atoms with E-state index in [1.807, 2.05) is 67.0 Å². The minimum absolute atomic E-state index is 0.855. The summed E-state index contributed by atoms with van der Waals surface area (Å²) in [6, 6.07) is 47.6. The zero-order valence-corrected chi connectivity index (χ0v) is 23.3. The highest BCUT2D eigenvalue weighted by Gasteiger charge is 2.15. The van der Waals surface area contributed by atoms with Crippen LogP contribution in [0.15, 0.2) is 164 Å². The van der Waals surface area contributed by atoms with Gasteiger partial charge < -0.3 is 4.90 Å². The molecule has 7 rings (SSSR count). The third-order valence-corrected chi connectivity index (χ3v) is 7.32. The highest BCUT2D eigenvalue weighted by Crippen LogP contribution is 2.38. The highest BCUT2D eigenvalue weighted by molar-refractivity contribution is 5.84. The second-order valence-electron chi connectivity index (χ2n) is 9.99. The number of hydrogen-bond acceptors (Lipinski definition) is 5. The van der Waals surface area contributed by atoms with Gasteiger partial charge in [0.25, 0.3) is 0 Å². The molecule has 5 heteroatoms. The number of anilines is 3. The number of pyridine rings is 4. The SMILES string of the molecule is c1ccc(N(c2ccc(-c3cccnc3-c3ccccn3)cc2)c2ccc(-c3cccnc3-c3ccccn3)cc2)cc1. The van der Waals surface area contributed by atoms with Crippen LogP contribution < -0.4 is 4.90 Å². The molecule has 7 aromatic rings. The normalized spacial score (nSPS) is 10.8. The maximum Gasteiger partial charge on any atom is 0.0964 e. The molecular weight excluding hydrogens is 526 g/mol. The van der Waals surface area contributed by atoms with Gasteiger partial charge in [-0.15, -0.1) is 0 Å². The van der Waals surface area contributed by atoms with Crippen molar-refractivity contribution in [2.45, 2.75) is 0 Å². The zero-order valence-electron chi connectivity index (χ0n) is 23.3. The lowest BCUT2D eigenvalue weighted by Crippen LogP contribution is -2.09. The minimum Gasteiger partial charge on any atom is -0.311 e. The summed E-state index contributed by atoms with van der Waals surface area (Å²) in [7, 11) is 0. The lowest BCUT2D eigenvalue weighted by atomic mass is 10.0. The van der Waals surface area contributed by atoms with Crippen molar-refractivity contribution in [1.82, 2.24) is 19.9 Å². The van der Waals surface area contributed by atoms with Crippen LogP contribution in [0.2, 0.25) is 0 Å². The molecular formula is C38H27N5. The molecule has 0 fully saturated rings. The van der Waals surface area contributed by atoms with Crippen molar-refractivity contribution in [1.29, 1.82) is 0 Å². The molecule has 5 nitrogen and oxygen atoms in total. The van der Waals surface area contributed by atoms with Crippen molar-refractivity contribution in [2.75, 3.05) is 4.90 Å². The number of hydrogen-bond donors (Lipinski definition) is 0. The molecule has 0 N–H and O–H groups in total. The molecule has 0 aliphatic carbocycles. The van der Waals surface area contributed by atoms with Crippen LogP contribution in [-0.2, 0) is 0 Å². The van der Waals surface area contributed by atoms with Gasteiger partial charge in [0.1, 0.15) is 0 Å². The van der Waals surface area contributed by atoms with E-state index < -0.39 is 0 Å². The molecule has 43 heavy (non-hydrogen) atoms. The second-order valence-corrected chi connectivity index (χ2v) is 9.99. The highest BCUT2D eigenvalue weighted by atomic mass is 15.1. The first-order chi connectivity index (χ1) is 21.3. The molecule has 0 radical (unpaired) electrons. The van der Waals surface area contributed by atoms with Gasteiger partial charge >= 0.3 is 0 Å². The van der Waals surface area contributed by atoms with Gasteiger partial charge in [0, 0.05) is 53.0 Å². The Morgan fingerprint density at radius 2 is 0.744 bits per heavy atom. The van der Waals surface area contributed by atoms with Crippen molar-refractivity contribution in [3.63, 3.8) is 0 Å². The Kier molecular flexibility index (Phi) is 7.19. The molecule has 0 unspecified atom stereocenters. The molecule has 0 spiro atoms. The van der Waals surface area contributed by atoms with Crippen LogP contribution >= 0.6 is 0 Å². The fraction of sp³-hybridized carbons (Fsp3) is 0. The first-order valence-electron chi connectivity index (χ1n) is 14.1. The van der Waals surface area contributed by atoms with Gasteiger partial charge in [-0.25, -0.2) is 0 Å². The third-order valence-electron chi connectivity index (χ3n) is 7.32. The summed E-state index contributed by atoms with van der Waals surface area (Å²) in [5.41, 5.74) is 10.9. The number of nitrogens with zero attached hydrogens (tertiary/aromatic N) is 5. The monoisotopic (exact) mass is 553 g/mol. The van der Waals surface area contributed by atoms with Gasteiger partial charge in [-0.2, -0.15) is 0 Å². The Balaban J connectivity index is 1.25. The van der Waals surface area contributed by atoms with Gasteiger partial charge in [-0.3, -0.25) is 19.9 Å². The van der Waals surface area contributed by atoms with Gasteiger partial charge in [-0.05, 0) is 83.9 Å². The predicted molar refractivity (Wildman–Crippen MR) is 174 cm³/mol. The molecule has 0 atom stereocenters. The van der Waals surface area contributed by atoms with Gasteiger partial charge in [0.15, 0.2) is 0 Å². The summed E-state index contributed by atoms with van der Waals surface area (Å²) in [5.74, 6) is 0. The van der Waals surface area contributed by atoms with E-state index in [9.17, 15) is 0 Å². The first kappa shape index (κ1) is 26.0. The van der Waals surface area contributed by atoms with Crippen molar-refractivity contribution >= 4 is 17.1 Å². The fourth-order valence-electron chi connectivity index (χ4n) is 5.29. The molecule has 3 aromatic carbocycles. The van der Waals surface area contributed by atoms with E-state index in [0.29, 0.717) is 0 Å². The molecule has 204 valence electrons. The van der Waals surface area contributed by atoms with Crippen molar-refractivity contribution < 1.29 is 0 Å². The molecule has 0 saturated carbocycles. The van der Waals surface area contributed by atoms with Crippen LogP contribution in [0.4, 0.5) is 17.1 Å². The van der Waals surface area contributed by atoms with Crippen LogP contribution in [0, 0.1) is 0 Å². The largest absolute Gasteiger partial charge is 0.311 e. The third kappa shape index (κ3) is 5.39. The Morgan fingerprint density at radius 1 is 0.326 bits per heavy atom. The van der Waals surface area contributed by atoms with Crippen molar-refractivity contribution in [3.05, 3.63) is 164 Å². The molecule has 0 saturated heterocycles. The van der Waals surface area contributed by atoms with Crippen LogP contribution in [-0.4, -0.2) is 19.9 Å². The van der Waals surface area contributed by atoms with Crippen LogP contribution in [0.25, 0.3) is 45.0 Å². The van der Waals surface area contributed by atoms with E-state index >= 15 is 0 Å². The minimum atomic E-state index is 0.855. The number of rotatable bonds is 7. The Morgan fingerprint density at radius 3 is 1.19 bits per heavy atom. The summed E-state index contributed by atoms with van der Waals surface area (Å²) >= 11 is 0. The molecule has 4 heterocycles. The Bertz CT molecular complexity index is 1810. The van der Waals surface area contributed by atoms with Crippen LogP contribution in [0.1, 0.15) is 0 Å². The molecule has 4 aromatic heterocycles. The Labute approximate surface area is 250 Å². The first-order valence-corrected chi connectivity index (χ1v) is 14.1. The summed E-state index contributed by atoms with van der Waals surface area (Å²) in [4.78, 5) is 20.6. The summed E-state index contributed by atoms with van der Waals surface area (Å²) in [6.07, 6.45) is 7.22. The average molecular weight is 554 g/mol. The Hall–Kier alpha value is -5.94. The topological polar surface area (TPSA) is 54.8 Å². The smallest absolute Gasteiger partial charge is 0.0964 e. The molecule has 0 aliphatic heterocycles. The summed E-state index contributed by atoms with van der Waals surface area (Å²) in [5, 5.41) is 0. The van der Waals surface area contributed by atoms with Crippen LogP contribution in [0.3, 0.4) is 0 Å². The maximum absolute atomic E-state index is 4.66. The number of benzene rings is 3. The molecule has 0 amide bonds. The van der Waals surface area contributed by atoms with Crippen LogP contribution in [0.5, 0.6) is 0 Å². The number of aromatic nitrogens is 4. The molecule has 0 bridgehead atoms. The maximum atomic E-state index is 4.66. The van der Waals surface area contributed by atoms with E-state index in [1.54, 1.807) is 12.4 Å². The van der Waals surface area contributed by atoms with E-state index in [-0.39, 0.29) is 0 Å². The standard InChI is InChI=1S/C38H27N5/c1-2-10-30(11-3-1)43(31-20-16-28(17-21-31)33-12-8-26-41-37(33)35-14-4-6-24-39-35)32-22-18-29(19-23-32)34-13-9-27-42-38(34)36-15-5-7-25-40-36/h1-27H. The number of para-hydroxylation sites is 1. The predicted octanol–water partition coefficient (Wildman–Crippen LogP) is 9.40. The molecule has 0 aliphatic rings. The van der Waals surface area contributed by atoms with E-state index in [0.717, 1.165) is 62.1 Å². The summed E-state index contributed by atoms with van der Waals surface area (Å²) in [6.45, 7) is 0. The van der Waals surface area contributed by atoms with Gasteiger partial charge in [0.05, 0.1) is 22.8 Å². The lowest BCUT2D eigenvalue weighted by Gasteiger charge is -2.26. The van der Waals surface area contributed by atoms with E-state index in [1.165, 1.54) is 0 Å². The van der Waals surface area contributed by atoms with Gasteiger partial charge in [0.2, 0.25) is 0 Å². The average Bonchev–Trinajstić information content (AvgIpc) is 3.10. The second kappa shape index (κ2) is 11.9. The zero-order chi connectivity index (χ0) is 28.8.